The van der Waals surface area contributed by atoms with Crippen molar-refractivity contribution in [3.8, 4) is 5.69 Å². The molecule has 0 N–H and O–H groups in total. The second kappa shape index (κ2) is 7.06. The lowest BCUT2D eigenvalue weighted by Gasteiger charge is -2.12. The summed E-state index contributed by atoms with van der Waals surface area (Å²) in [5.41, 5.74) is 5.49. The normalized spacial score (nSPS) is 12.8. The fourth-order valence-corrected chi connectivity index (χ4v) is 3.92. The largest absolute Gasteiger partial charge is 0.296 e. The van der Waals surface area contributed by atoms with Gasteiger partial charge in [0.2, 0.25) is 0 Å². The van der Waals surface area contributed by atoms with E-state index >= 15 is 0 Å². The Morgan fingerprint density at radius 1 is 0.967 bits per heavy atom. The summed E-state index contributed by atoms with van der Waals surface area (Å²) in [6.45, 7) is 6.22. The first-order valence-corrected chi connectivity index (χ1v) is 10.4. The van der Waals surface area contributed by atoms with Crippen LogP contribution in [0.15, 0.2) is 59.7 Å². The molecule has 6 heteroatoms. The van der Waals surface area contributed by atoms with Gasteiger partial charge >= 0.3 is 0 Å². The lowest BCUT2D eigenvalue weighted by atomic mass is 10.1. The molecule has 3 heterocycles. The molecular weight excluding hydrogens is 374 g/mol. The molecule has 0 saturated heterocycles. The highest BCUT2D eigenvalue weighted by Crippen LogP contribution is 2.29. The topological polar surface area (TPSA) is 65.6 Å². The quantitative estimate of drug-likeness (QED) is 0.436. The fourth-order valence-electron chi connectivity index (χ4n) is 3.92. The molecule has 5 rings (SSSR count). The SMILES string of the molecule is CCc1cccc(-n2c3nc4ccccc4nc3c3c(=O)n([C@@H](C)CC)cnc32)c1. The Hall–Kier alpha value is -3.54. The van der Waals surface area contributed by atoms with Gasteiger partial charge in [0.15, 0.2) is 11.3 Å². The number of rotatable bonds is 4. The van der Waals surface area contributed by atoms with E-state index in [9.17, 15) is 4.79 Å². The van der Waals surface area contributed by atoms with Crippen molar-refractivity contribution < 1.29 is 0 Å². The summed E-state index contributed by atoms with van der Waals surface area (Å²) < 4.78 is 3.66. The molecule has 0 unspecified atom stereocenters. The average molecular weight is 397 g/mol. The number of benzene rings is 2. The van der Waals surface area contributed by atoms with E-state index in [0.717, 1.165) is 29.6 Å². The molecule has 6 nitrogen and oxygen atoms in total. The molecule has 30 heavy (non-hydrogen) atoms. The van der Waals surface area contributed by atoms with Gasteiger partial charge in [0.25, 0.3) is 5.56 Å². The number of hydrogen-bond donors (Lipinski definition) is 0. The maximum atomic E-state index is 13.5. The van der Waals surface area contributed by atoms with Crippen LogP contribution in [0.1, 0.15) is 38.8 Å². The first-order chi connectivity index (χ1) is 14.6. The van der Waals surface area contributed by atoms with Gasteiger partial charge in [0.1, 0.15) is 17.2 Å². The molecule has 0 aliphatic heterocycles. The van der Waals surface area contributed by atoms with Crippen LogP contribution in [0.25, 0.3) is 38.9 Å². The Balaban J connectivity index is 1.97. The Labute approximate surface area is 173 Å². The number of aromatic nitrogens is 5. The summed E-state index contributed by atoms with van der Waals surface area (Å²) in [5, 5.41) is 0.521. The van der Waals surface area contributed by atoms with Crippen LogP contribution in [-0.4, -0.2) is 24.1 Å². The highest BCUT2D eigenvalue weighted by Gasteiger charge is 2.21. The Morgan fingerprint density at radius 3 is 2.47 bits per heavy atom. The van der Waals surface area contributed by atoms with Crippen molar-refractivity contribution in [3.05, 3.63) is 70.8 Å². The van der Waals surface area contributed by atoms with Crippen molar-refractivity contribution in [1.29, 1.82) is 0 Å². The highest BCUT2D eigenvalue weighted by atomic mass is 16.1. The van der Waals surface area contributed by atoms with Crippen molar-refractivity contribution >= 4 is 33.2 Å². The molecule has 0 radical (unpaired) electrons. The monoisotopic (exact) mass is 397 g/mol. The zero-order chi connectivity index (χ0) is 20.8. The smallest absolute Gasteiger partial charge is 0.265 e. The summed E-state index contributed by atoms with van der Waals surface area (Å²) in [7, 11) is 0. The Morgan fingerprint density at radius 2 is 1.73 bits per heavy atom. The minimum Gasteiger partial charge on any atom is -0.296 e. The van der Waals surface area contributed by atoms with Crippen LogP contribution in [0.2, 0.25) is 0 Å². The van der Waals surface area contributed by atoms with Gasteiger partial charge in [-0.3, -0.25) is 13.9 Å². The maximum Gasteiger partial charge on any atom is 0.265 e. The van der Waals surface area contributed by atoms with Crippen molar-refractivity contribution in [1.82, 2.24) is 24.1 Å². The van der Waals surface area contributed by atoms with E-state index in [1.54, 1.807) is 10.9 Å². The molecule has 3 aromatic heterocycles. The number of para-hydroxylation sites is 2. The highest BCUT2D eigenvalue weighted by molar-refractivity contribution is 6.05. The fraction of sp³-hybridized carbons (Fsp3) is 0.250. The van der Waals surface area contributed by atoms with Crippen LogP contribution in [0.5, 0.6) is 0 Å². The predicted molar refractivity (Wildman–Crippen MR) is 120 cm³/mol. The summed E-state index contributed by atoms with van der Waals surface area (Å²) in [4.78, 5) is 27.9. The van der Waals surface area contributed by atoms with Gasteiger partial charge < -0.3 is 0 Å². The lowest BCUT2D eigenvalue weighted by molar-refractivity contribution is 0.510. The van der Waals surface area contributed by atoms with Crippen molar-refractivity contribution in [2.75, 3.05) is 0 Å². The van der Waals surface area contributed by atoms with Crippen LogP contribution in [0.3, 0.4) is 0 Å². The van der Waals surface area contributed by atoms with Crippen LogP contribution in [-0.2, 0) is 6.42 Å². The molecule has 0 aliphatic carbocycles. The van der Waals surface area contributed by atoms with E-state index in [0.29, 0.717) is 22.2 Å². The number of aryl methyl sites for hydroxylation is 1. The summed E-state index contributed by atoms with van der Waals surface area (Å²) in [6.07, 6.45) is 3.42. The summed E-state index contributed by atoms with van der Waals surface area (Å²) in [5.74, 6) is 0. The van der Waals surface area contributed by atoms with E-state index in [4.69, 9.17) is 15.0 Å². The van der Waals surface area contributed by atoms with E-state index in [-0.39, 0.29) is 11.6 Å². The summed E-state index contributed by atoms with van der Waals surface area (Å²) in [6, 6.07) is 16.1. The molecule has 2 aromatic carbocycles. The van der Waals surface area contributed by atoms with E-state index in [1.807, 2.05) is 47.9 Å². The third-order valence-electron chi connectivity index (χ3n) is 5.83. The van der Waals surface area contributed by atoms with E-state index in [1.165, 1.54) is 5.56 Å². The minimum absolute atomic E-state index is 0.0598. The van der Waals surface area contributed by atoms with Gasteiger partial charge in [-0.1, -0.05) is 38.1 Å². The van der Waals surface area contributed by atoms with Crippen LogP contribution < -0.4 is 5.56 Å². The molecule has 1 atom stereocenters. The van der Waals surface area contributed by atoms with Gasteiger partial charge in [-0.2, -0.15) is 0 Å². The van der Waals surface area contributed by atoms with Crippen molar-refractivity contribution in [3.63, 3.8) is 0 Å². The number of fused-ring (bicyclic) bond motifs is 4. The second-order valence-electron chi connectivity index (χ2n) is 7.66. The van der Waals surface area contributed by atoms with E-state index in [2.05, 4.69) is 26.0 Å². The molecular formula is C24H23N5O. The minimum atomic E-state index is -0.0747. The lowest BCUT2D eigenvalue weighted by Crippen LogP contribution is -2.23. The molecule has 150 valence electrons. The van der Waals surface area contributed by atoms with Gasteiger partial charge in [-0.15, -0.1) is 0 Å². The maximum absolute atomic E-state index is 13.5. The molecule has 5 aromatic rings. The van der Waals surface area contributed by atoms with Crippen molar-refractivity contribution in [2.45, 2.75) is 39.7 Å². The Bertz CT molecular complexity index is 1460. The van der Waals surface area contributed by atoms with Gasteiger partial charge in [-0.25, -0.2) is 15.0 Å². The zero-order valence-electron chi connectivity index (χ0n) is 17.3. The predicted octanol–water partition coefficient (Wildman–Crippen LogP) is 4.82. The first-order valence-electron chi connectivity index (χ1n) is 10.4. The molecule has 0 amide bonds. The average Bonchev–Trinajstić information content (AvgIpc) is 3.11. The third kappa shape index (κ3) is 2.71. The van der Waals surface area contributed by atoms with Gasteiger partial charge in [-0.05, 0) is 49.6 Å². The summed E-state index contributed by atoms with van der Waals surface area (Å²) >= 11 is 0. The zero-order valence-corrected chi connectivity index (χ0v) is 17.3. The molecule has 0 saturated carbocycles. The van der Waals surface area contributed by atoms with Crippen LogP contribution in [0, 0.1) is 0 Å². The Kier molecular flexibility index (Phi) is 4.35. The van der Waals surface area contributed by atoms with Crippen LogP contribution in [0.4, 0.5) is 0 Å². The van der Waals surface area contributed by atoms with Gasteiger partial charge in [0, 0.05) is 11.7 Å². The molecule has 0 bridgehead atoms. The third-order valence-corrected chi connectivity index (χ3v) is 5.83. The van der Waals surface area contributed by atoms with Gasteiger partial charge in [0.05, 0.1) is 11.0 Å². The first kappa shape index (κ1) is 18.5. The standard InChI is InChI=1S/C24H23N5O/c1-4-15(3)28-14-25-22-20(24(28)30)21-23(27-19-12-7-6-11-18(19)26-21)29(22)17-10-8-9-16(5-2)13-17/h6-15H,4-5H2,1-3H3/t15-/m0/s1. The molecule has 0 spiro atoms. The molecule has 0 fully saturated rings. The van der Waals surface area contributed by atoms with Crippen LogP contribution >= 0.6 is 0 Å². The number of hydrogen-bond acceptors (Lipinski definition) is 4. The molecule has 0 aliphatic rings. The van der Waals surface area contributed by atoms with Crippen molar-refractivity contribution in [2.24, 2.45) is 0 Å². The van der Waals surface area contributed by atoms with E-state index < -0.39 is 0 Å². The second-order valence-corrected chi connectivity index (χ2v) is 7.66. The number of nitrogens with zero attached hydrogens (tertiary/aromatic N) is 5.